The Hall–Kier alpha value is -1.65. The van der Waals surface area contributed by atoms with E-state index in [1.54, 1.807) is 6.26 Å². The first-order valence-electron chi connectivity index (χ1n) is 7.14. The van der Waals surface area contributed by atoms with Gasteiger partial charge >= 0.3 is 0 Å². The van der Waals surface area contributed by atoms with E-state index < -0.39 is 0 Å². The van der Waals surface area contributed by atoms with Crippen LogP contribution in [0.2, 0.25) is 0 Å². The molecule has 2 aromatic rings. The van der Waals surface area contributed by atoms with E-state index in [1.807, 2.05) is 24.4 Å². The summed E-state index contributed by atoms with van der Waals surface area (Å²) in [6.45, 7) is 5.76. The zero-order valence-electron chi connectivity index (χ0n) is 12.3. The van der Waals surface area contributed by atoms with Crippen molar-refractivity contribution in [3.8, 4) is 0 Å². The highest BCUT2D eigenvalue weighted by Gasteiger charge is 2.09. The maximum absolute atomic E-state index is 5.59. The van der Waals surface area contributed by atoms with E-state index in [-0.39, 0.29) is 0 Å². The summed E-state index contributed by atoms with van der Waals surface area (Å²) in [5, 5.41) is 3.33. The summed E-state index contributed by atoms with van der Waals surface area (Å²) in [5.74, 6) is 1.05. The fraction of sp³-hybridized carbons (Fsp3) is 0.438. The number of furan rings is 1. The van der Waals surface area contributed by atoms with Crippen LogP contribution in [0.25, 0.3) is 0 Å². The molecule has 0 aliphatic carbocycles. The van der Waals surface area contributed by atoms with E-state index in [2.05, 4.69) is 35.2 Å². The van der Waals surface area contributed by atoms with Crippen molar-refractivity contribution in [2.45, 2.75) is 26.4 Å². The average Bonchev–Trinajstić information content (AvgIpc) is 2.91. The third-order valence-corrected chi connectivity index (χ3v) is 3.29. The second-order valence-electron chi connectivity index (χ2n) is 4.96. The highest BCUT2D eigenvalue weighted by atomic mass is 16.3. The number of rotatable bonds is 8. The van der Waals surface area contributed by atoms with Gasteiger partial charge in [-0.25, -0.2) is 0 Å². The fourth-order valence-electron chi connectivity index (χ4n) is 2.10. The highest BCUT2D eigenvalue weighted by Crippen LogP contribution is 2.12. The molecule has 0 saturated heterocycles. The lowest BCUT2D eigenvalue weighted by Crippen LogP contribution is -2.22. The zero-order chi connectivity index (χ0) is 14.2. The number of pyridine rings is 1. The molecule has 0 aromatic carbocycles. The molecule has 0 amide bonds. The molecule has 0 atom stereocenters. The number of aromatic nitrogens is 1. The van der Waals surface area contributed by atoms with Crippen molar-refractivity contribution < 1.29 is 4.42 Å². The molecular weight excluding hydrogens is 250 g/mol. The van der Waals surface area contributed by atoms with Crippen LogP contribution < -0.4 is 5.32 Å². The molecule has 0 bridgehead atoms. The van der Waals surface area contributed by atoms with Crippen LogP contribution in [0.4, 0.5) is 0 Å². The Morgan fingerprint density at radius 3 is 2.95 bits per heavy atom. The van der Waals surface area contributed by atoms with E-state index in [4.69, 9.17) is 4.42 Å². The molecule has 4 heteroatoms. The Morgan fingerprint density at radius 1 is 1.30 bits per heavy atom. The average molecular weight is 273 g/mol. The van der Waals surface area contributed by atoms with Crippen molar-refractivity contribution in [3.05, 3.63) is 53.7 Å². The smallest absolute Gasteiger partial charge is 0.122 e. The van der Waals surface area contributed by atoms with Crippen LogP contribution in [0.5, 0.6) is 0 Å². The molecule has 20 heavy (non-hydrogen) atoms. The van der Waals surface area contributed by atoms with Gasteiger partial charge in [0.1, 0.15) is 5.76 Å². The summed E-state index contributed by atoms with van der Waals surface area (Å²) in [6.07, 6.45) is 4.57. The van der Waals surface area contributed by atoms with Crippen LogP contribution in [0.1, 0.15) is 23.9 Å². The molecule has 2 heterocycles. The molecule has 0 unspecified atom stereocenters. The molecule has 0 radical (unpaired) electrons. The third kappa shape index (κ3) is 4.47. The summed E-state index contributed by atoms with van der Waals surface area (Å²) < 4.78 is 5.59. The van der Waals surface area contributed by atoms with Crippen molar-refractivity contribution in [1.82, 2.24) is 15.2 Å². The van der Waals surface area contributed by atoms with E-state index in [9.17, 15) is 0 Å². The zero-order valence-corrected chi connectivity index (χ0v) is 12.3. The molecule has 0 spiro atoms. The summed E-state index contributed by atoms with van der Waals surface area (Å²) in [7, 11) is 2.11. The van der Waals surface area contributed by atoms with E-state index >= 15 is 0 Å². The highest BCUT2D eigenvalue weighted by molar-refractivity contribution is 5.16. The maximum Gasteiger partial charge on any atom is 0.122 e. The van der Waals surface area contributed by atoms with Gasteiger partial charge in [0.05, 0.1) is 12.8 Å². The SMILES string of the molecule is CCNCc1ccoc1CN(C)CCc1ccccn1. The third-order valence-electron chi connectivity index (χ3n) is 3.29. The summed E-state index contributed by atoms with van der Waals surface area (Å²) in [5.41, 5.74) is 2.38. The van der Waals surface area contributed by atoms with E-state index in [0.29, 0.717) is 0 Å². The summed E-state index contributed by atoms with van der Waals surface area (Å²) in [6, 6.07) is 8.09. The van der Waals surface area contributed by atoms with Gasteiger partial charge in [-0.2, -0.15) is 0 Å². The van der Waals surface area contributed by atoms with Crippen LogP contribution in [0, 0.1) is 0 Å². The Labute approximate surface area is 120 Å². The van der Waals surface area contributed by atoms with Crippen molar-refractivity contribution in [3.63, 3.8) is 0 Å². The standard InChI is InChI=1S/C16H23N3O/c1-3-17-12-14-8-11-20-16(14)13-19(2)10-7-15-6-4-5-9-18-15/h4-6,8-9,11,17H,3,7,10,12-13H2,1-2H3. The minimum absolute atomic E-state index is 0.834. The van der Waals surface area contributed by atoms with E-state index in [1.165, 1.54) is 5.56 Å². The van der Waals surface area contributed by atoms with Crippen LogP contribution in [-0.2, 0) is 19.5 Å². The van der Waals surface area contributed by atoms with Gasteiger partial charge in [0.15, 0.2) is 0 Å². The first kappa shape index (κ1) is 14.8. The Morgan fingerprint density at radius 2 is 2.20 bits per heavy atom. The monoisotopic (exact) mass is 273 g/mol. The minimum atomic E-state index is 0.834. The van der Waals surface area contributed by atoms with Crippen molar-refractivity contribution in [2.24, 2.45) is 0 Å². The first-order chi connectivity index (χ1) is 9.79. The van der Waals surface area contributed by atoms with Crippen LogP contribution in [-0.4, -0.2) is 30.0 Å². The Bertz CT molecular complexity index is 495. The van der Waals surface area contributed by atoms with Gasteiger partial charge in [0.25, 0.3) is 0 Å². The lowest BCUT2D eigenvalue weighted by atomic mass is 10.2. The fourth-order valence-corrected chi connectivity index (χ4v) is 2.10. The molecule has 108 valence electrons. The molecule has 4 nitrogen and oxygen atoms in total. The normalized spacial score (nSPS) is 11.2. The van der Waals surface area contributed by atoms with Crippen molar-refractivity contribution in [2.75, 3.05) is 20.1 Å². The Kier molecular flexibility index (Phi) is 5.77. The Balaban J connectivity index is 1.82. The van der Waals surface area contributed by atoms with Gasteiger partial charge in [-0.3, -0.25) is 9.88 Å². The van der Waals surface area contributed by atoms with Gasteiger partial charge in [-0.05, 0) is 31.8 Å². The molecule has 2 aromatic heterocycles. The molecule has 2 rings (SSSR count). The lowest BCUT2D eigenvalue weighted by molar-refractivity contribution is 0.295. The molecule has 1 N–H and O–H groups in total. The van der Waals surface area contributed by atoms with Gasteiger partial charge in [-0.1, -0.05) is 13.0 Å². The summed E-state index contributed by atoms with van der Waals surface area (Å²) >= 11 is 0. The van der Waals surface area contributed by atoms with Crippen LogP contribution >= 0.6 is 0 Å². The van der Waals surface area contributed by atoms with Gasteiger partial charge in [0.2, 0.25) is 0 Å². The van der Waals surface area contributed by atoms with Gasteiger partial charge in [-0.15, -0.1) is 0 Å². The maximum atomic E-state index is 5.59. The number of nitrogens with one attached hydrogen (secondary N) is 1. The number of likely N-dealkylation sites (N-methyl/N-ethyl adjacent to an activating group) is 1. The number of hydrogen-bond acceptors (Lipinski definition) is 4. The van der Waals surface area contributed by atoms with Crippen LogP contribution in [0.3, 0.4) is 0 Å². The second kappa shape index (κ2) is 7.82. The van der Waals surface area contributed by atoms with E-state index in [0.717, 1.165) is 44.1 Å². The predicted octanol–water partition coefficient (Wildman–Crippen LogP) is 2.46. The summed E-state index contributed by atoms with van der Waals surface area (Å²) in [4.78, 5) is 6.61. The molecule has 0 saturated carbocycles. The number of hydrogen-bond donors (Lipinski definition) is 1. The molecular formula is C16H23N3O. The van der Waals surface area contributed by atoms with Crippen molar-refractivity contribution in [1.29, 1.82) is 0 Å². The van der Waals surface area contributed by atoms with Gasteiger partial charge in [0, 0.05) is 37.0 Å². The quantitative estimate of drug-likeness (QED) is 0.802. The first-order valence-corrected chi connectivity index (χ1v) is 7.14. The van der Waals surface area contributed by atoms with Crippen molar-refractivity contribution >= 4 is 0 Å². The molecule has 0 fully saturated rings. The minimum Gasteiger partial charge on any atom is -0.468 e. The topological polar surface area (TPSA) is 41.3 Å². The molecule has 0 aliphatic heterocycles. The molecule has 0 aliphatic rings. The lowest BCUT2D eigenvalue weighted by Gasteiger charge is -2.15. The predicted molar refractivity (Wildman–Crippen MR) is 80.4 cm³/mol. The van der Waals surface area contributed by atoms with Gasteiger partial charge < -0.3 is 9.73 Å². The second-order valence-corrected chi connectivity index (χ2v) is 4.96. The number of nitrogens with zero attached hydrogens (tertiary/aromatic N) is 2. The largest absolute Gasteiger partial charge is 0.468 e. The van der Waals surface area contributed by atoms with Crippen LogP contribution in [0.15, 0.2) is 41.1 Å².